The van der Waals surface area contributed by atoms with Crippen LogP contribution in [0.1, 0.15) is 34.1 Å². The highest BCUT2D eigenvalue weighted by molar-refractivity contribution is 6.05. The minimum atomic E-state index is -1.10. The molecule has 0 aliphatic carbocycles. The van der Waals surface area contributed by atoms with Crippen LogP contribution in [0.2, 0.25) is 0 Å². The third-order valence-electron chi connectivity index (χ3n) is 1.67. The molecule has 4 nitrogen and oxygen atoms in total. The molecule has 1 aromatic rings. The van der Waals surface area contributed by atoms with Crippen molar-refractivity contribution in [2.45, 2.75) is 13.3 Å². The molecular weight excluding hydrogens is 170 g/mol. The number of aromatic carboxylic acids is 1. The molecule has 1 aromatic heterocycles. The molecule has 0 aliphatic rings. The minimum Gasteiger partial charge on any atom is -0.478 e. The van der Waals surface area contributed by atoms with Crippen molar-refractivity contribution in [1.82, 2.24) is 4.98 Å². The summed E-state index contributed by atoms with van der Waals surface area (Å²) in [6.07, 6.45) is 2.93. The lowest BCUT2D eigenvalue weighted by atomic mass is 10.1. The molecule has 0 amide bonds. The number of hydrogen-bond donors (Lipinski definition) is 1. The number of carbonyl (C=O) groups is 2. The Kier molecular flexibility index (Phi) is 2.74. The molecule has 1 heterocycles. The summed E-state index contributed by atoms with van der Waals surface area (Å²) in [5.41, 5.74) is 0.194. The fourth-order valence-corrected chi connectivity index (χ4v) is 0.994. The number of hydrogen-bond acceptors (Lipinski definition) is 3. The van der Waals surface area contributed by atoms with E-state index in [-0.39, 0.29) is 23.3 Å². The van der Waals surface area contributed by atoms with Crippen molar-refractivity contribution in [3.63, 3.8) is 0 Å². The zero-order chi connectivity index (χ0) is 9.84. The second-order valence-corrected chi connectivity index (χ2v) is 2.50. The summed E-state index contributed by atoms with van der Waals surface area (Å²) in [4.78, 5) is 25.6. The van der Waals surface area contributed by atoms with Gasteiger partial charge in [0.1, 0.15) is 0 Å². The first-order valence-electron chi connectivity index (χ1n) is 3.87. The van der Waals surface area contributed by atoms with E-state index in [9.17, 15) is 9.59 Å². The van der Waals surface area contributed by atoms with Crippen molar-refractivity contribution >= 4 is 11.8 Å². The van der Waals surface area contributed by atoms with E-state index < -0.39 is 5.97 Å². The first kappa shape index (κ1) is 9.38. The Morgan fingerprint density at radius 3 is 2.69 bits per heavy atom. The van der Waals surface area contributed by atoms with Gasteiger partial charge in [-0.05, 0) is 6.07 Å². The van der Waals surface area contributed by atoms with Gasteiger partial charge in [0.25, 0.3) is 0 Å². The number of pyridine rings is 1. The van der Waals surface area contributed by atoms with Crippen LogP contribution in [0.5, 0.6) is 0 Å². The van der Waals surface area contributed by atoms with E-state index in [1.54, 1.807) is 6.92 Å². The molecule has 1 rings (SSSR count). The molecular formula is C9H9NO3. The van der Waals surface area contributed by atoms with Gasteiger partial charge in [0.2, 0.25) is 0 Å². The van der Waals surface area contributed by atoms with E-state index >= 15 is 0 Å². The summed E-state index contributed by atoms with van der Waals surface area (Å²) in [7, 11) is 0. The van der Waals surface area contributed by atoms with Crippen molar-refractivity contribution in [3.8, 4) is 0 Å². The third-order valence-corrected chi connectivity index (χ3v) is 1.67. The minimum absolute atomic E-state index is 0.0156. The van der Waals surface area contributed by atoms with E-state index in [4.69, 9.17) is 5.11 Å². The molecule has 0 bridgehead atoms. The maximum Gasteiger partial charge on any atom is 0.336 e. The average Bonchev–Trinajstić information content (AvgIpc) is 2.16. The maximum atomic E-state index is 11.2. The summed E-state index contributed by atoms with van der Waals surface area (Å²) in [5, 5.41) is 8.73. The van der Waals surface area contributed by atoms with Crippen LogP contribution in [0.25, 0.3) is 0 Å². The Bertz CT molecular complexity index is 346. The van der Waals surface area contributed by atoms with E-state index in [0.717, 1.165) is 0 Å². The number of carbonyl (C=O) groups excluding carboxylic acids is 1. The molecule has 0 spiro atoms. The lowest BCUT2D eigenvalue weighted by Crippen LogP contribution is -2.07. The molecule has 0 fully saturated rings. The van der Waals surface area contributed by atoms with Crippen LogP contribution in [0.4, 0.5) is 0 Å². The summed E-state index contributed by atoms with van der Waals surface area (Å²) >= 11 is 0. The summed E-state index contributed by atoms with van der Waals surface area (Å²) in [5.74, 6) is -1.30. The first-order chi connectivity index (χ1) is 6.16. The van der Waals surface area contributed by atoms with Crippen LogP contribution in [0.3, 0.4) is 0 Å². The number of carboxylic acids is 1. The maximum absolute atomic E-state index is 11.2. The molecule has 0 unspecified atom stereocenters. The lowest BCUT2D eigenvalue weighted by Gasteiger charge is -2.01. The number of ketones is 1. The number of aromatic nitrogens is 1. The summed E-state index contributed by atoms with van der Waals surface area (Å²) in [6.45, 7) is 1.68. The molecule has 0 saturated heterocycles. The van der Waals surface area contributed by atoms with Crippen LogP contribution in [-0.2, 0) is 0 Å². The zero-order valence-corrected chi connectivity index (χ0v) is 7.15. The number of rotatable bonds is 3. The Labute approximate surface area is 75.2 Å². The van der Waals surface area contributed by atoms with Crippen LogP contribution < -0.4 is 0 Å². The van der Waals surface area contributed by atoms with Crippen molar-refractivity contribution < 1.29 is 14.7 Å². The summed E-state index contributed by atoms with van der Waals surface area (Å²) in [6, 6.07) is 1.32. The van der Waals surface area contributed by atoms with Gasteiger partial charge in [0.05, 0.1) is 11.1 Å². The predicted octanol–water partition coefficient (Wildman–Crippen LogP) is 1.37. The second-order valence-electron chi connectivity index (χ2n) is 2.50. The Hall–Kier alpha value is -1.71. The molecule has 68 valence electrons. The van der Waals surface area contributed by atoms with Gasteiger partial charge in [-0.15, -0.1) is 0 Å². The molecule has 0 aliphatic heterocycles. The molecule has 1 N–H and O–H groups in total. The van der Waals surface area contributed by atoms with Gasteiger partial charge >= 0.3 is 5.97 Å². The number of Topliss-reactive ketones (excluding diaryl/α,β-unsaturated/α-hetero) is 1. The smallest absolute Gasteiger partial charge is 0.336 e. The Morgan fingerprint density at radius 2 is 2.15 bits per heavy atom. The highest BCUT2D eigenvalue weighted by Gasteiger charge is 2.14. The standard InChI is InChI=1S/C9H9NO3/c1-2-8(11)7-5-10-4-3-6(7)9(12)13/h3-5H,2H2,1H3,(H,12,13). The van der Waals surface area contributed by atoms with Crippen LogP contribution >= 0.6 is 0 Å². The Morgan fingerprint density at radius 1 is 1.46 bits per heavy atom. The van der Waals surface area contributed by atoms with Gasteiger partial charge in [0, 0.05) is 18.8 Å². The number of carboxylic acid groups (broad SMARTS) is 1. The second kappa shape index (κ2) is 3.80. The molecule has 0 aromatic carbocycles. The monoisotopic (exact) mass is 179 g/mol. The van der Waals surface area contributed by atoms with E-state index in [1.807, 2.05) is 0 Å². The highest BCUT2D eigenvalue weighted by atomic mass is 16.4. The Balaban J connectivity index is 3.19. The fraction of sp³-hybridized carbons (Fsp3) is 0.222. The van der Waals surface area contributed by atoms with Crippen molar-refractivity contribution in [1.29, 1.82) is 0 Å². The van der Waals surface area contributed by atoms with E-state index in [2.05, 4.69) is 4.98 Å². The van der Waals surface area contributed by atoms with Crippen LogP contribution in [-0.4, -0.2) is 21.8 Å². The normalized spacial score (nSPS) is 9.62. The van der Waals surface area contributed by atoms with E-state index in [1.165, 1.54) is 18.5 Å². The fourth-order valence-electron chi connectivity index (χ4n) is 0.994. The van der Waals surface area contributed by atoms with Crippen LogP contribution in [0.15, 0.2) is 18.5 Å². The van der Waals surface area contributed by atoms with Gasteiger partial charge in [-0.25, -0.2) is 4.79 Å². The molecule has 4 heteroatoms. The van der Waals surface area contributed by atoms with Crippen molar-refractivity contribution in [2.75, 3.05) is 0 Å². The average molecular weight is 179 g/mol. The van der Waals surface area contributed by atoms with Gasteiger partial charge in [-0.2, -0.15) is 0 Å². The van der Waals surface area contributed by atoms with E-state index in [0.29, 0.717) is 0 Å². The topological polar surface area (TPSA) is 67.3 Å². The van der Waals surface area contributed by atoms with Crippen molar-refractivity contribution in [3.05, 3.63) is 29.6 Å². The number of nitrogens with zero attached hydrogens (tertiary/aromatic N) is 1. The summed E-state index contributed by atoms with van der Waals surface area (Å²) < 4.78 is 0. The van der Waals surface area contributed by atoms with Gasteiger partial charge in [-0.3, -0.25) is 9.78 Å². The highest BCUT2D eigenvalue weighted by Crippen LogP contribution is 2.09. The van der Waals surface area contributed by atoms with Crippen molar-refractivity contribution in [2.24, 2.45) is 0 Å². The molecule has 0 radical (unpaired) electrons. The van der Waals surface area contributed by atoms with Gasteiger partial charge in [0.15, 0.2) is 5.78 Å². The SMILES string of the molecule is CCC(=O)c1cnccc1C(=O)O. The predicted molar refractivity (Wildman–Crippen MR) is 45.8 cm³/mol. The quantitative estimate of drug-likeness (QED) is 0.711. The molecule has 0 atom stereocenters. The zero-order valence-electron chi connectivity index (χ0n) is 7.15. The van der Waals surface area contributed by atoms with Gasteiger partial charge in [-0.1, -0.05) is 6.92 Å². The molecule has 13 heavy (non-hydrogen) atoms. The molecule has 0 saturated carbocycles. The lowest BCUT2D eigenvalue weighted by molar-refractivity contribution is 0.0691. The van der Waals surface area contributed by atoms with Gasteiger partial charge < -0.3 is 5.11 Å². The third kappa shape index (κ3) is 1.90. The van der Waals surface area contributed by atoms with Crippen LogP contribution in [0, 0.1) is 0 Å². The first-order valence-corrected chi connectivity index (χ1v) is 3.87. The largest absolute Gasteiger partial charge is 0.478 e.